The third-order valence-corrected chi connectivity index (χ3v) is 6.43. The summed E-state index contributed by atoms with van der Waals surface area (Å²) in [6.45, 7) is 5.45. The molecule has 1 amide bonds. The number of halogens is 1. The quantitative estimate of drug-likeness (QED) is 0.741. The molecule has 1 aliphatic heterocycles. The molecule has 0 bridgehead atoms. The first-order valence-corrected chi connectivity index (χ1v) is 9.93. The van der Waals surface area contributed by atoms with Crippen LogP contribution in [0.25, 0.3) is 0 Å². The molecule has 3 unspecified atom stereocenters. The van der Waals surface area contributed by atoms with E-state index < -0.39 is 17.2 Å². The molecule has 0 spiro atoms. The second-order valence-corrected chi connectivity index (χ2v) is 9.06. The summed E-state index contributed by atoms with van der Waals surface area (Å²) in [4.78, 5) is 18.1. The average Bonchev–Trinajstić information content (AvgIpc) is 2.94. The summed E-state index contributed by atoms with van der Waals surface area (Å²) in [5, 5.41) is 10.2. The zero-order valence-corrected chi connectivity index (χ0v) is 16.8. The second kappa shape index (κ2) is 6.98. The summed E-state index contributed by atoms with van der Waals surface area (Å²) in [6.07, 6.45) is 0.182. The Balaban J connectivity index is 2.19. The van der Waals surface area contributed by atoms with Gasteiger partial charge >= 0.3 is 6.09 Å². The van der Waals surface area contributed by atoms with Gasteiger partial charge in [-0.1, -0.05) is 11.8 Å². The van der Waals surface area contributed by atoms with Gasteiger partial charge in [0, 0.05) is 35.6 Å². The van der Waals surface area contributed by atoms with Crippen LogP contribution in [0.1, 0.15) is 39.2 Å². The predicted octanol–water partition coefficient (Wildman–Crippen LogP) is 3.91. The van der Waals surface area contributed by atoms with Gasteiger partial charge in [-0.2, -0.15) is 0 Å². The fourth-order valence-corrected chi connectivity index (χ4v) is 5.66. The van der Waals surface area contributed by atoms with Crippen molar-refractivity contribution in [3.8, 4) is 0 Å². The average molecular weight is 396 g/mol. The first-order valence-electron chi connectivity index (χ1n) is 8.94. The number of nitrogens with two attached hydrogens (primary N) is 1. The molecule has 1 aromatic rings. The molecule has 8 heteroatoms. The number of fused-ring (bicyclic) bond motifs is 1. The van der Waals surface area contributed by atoms with Gasteiger partial charge in [0.25, 0.3) is 0 Å². The van der Waals surface area contributed by atoms with Crippen LogP contribution in [0.5, 0.6) is 0 Å². The van der Waals surface area contributed by atoms with E-state index in [4.69, 9.17) is 15.5 Å². The number of hydrogen-bond donors (Lipinski definition) is 2. The number of carboxylic acid groups (broad SMARTS) is 1. The van der Waals surface area contributed by atoms with Gasteiger partial charge in [0.1, 0.15) is 5.82 Å². The van der Waals surface area contributed by atoms with Crippen molar-refractivity contribution in [3.63, 3.8) is 0 Å². The Morgan fingerprint density at radius 2 is 2.19 bits per heavy atom. The third-order valence-electron chi connectivity index (χ3n) is 5.37. The number of methoxy groups -OCH3 is 1. The highest BCUT2D eigenvalue weighted by atomic mass is 32.2. The van der Waals surface area contributed by atoms with Crippen molar-refractivity contribution in [1.29, 1.82) is 0 Å². The molecular formula is C19H26FN3O3S. The van der Waals surface area contributed by atoms with Crippen LogP contribution in [0, 0.1) is 11.7 Å². The Labute approximate surface area is 163 Å². The van der Waals surface area contributed by atoms with Crippen LogP contribution in [0.4, 0.5) is 14.9 Å². The van der Waals surface area contributed by atoms with E-state index in [1.807, 2.05) is 20.8 Å². The van der Waals surface area contributed by atoms with Crippen LogP contribution >= 0.6 is 11.8 Å². The molecule has 3 rings (SSSR count). The lowest BCUT2D eigenvalue weighted by molar-refractivity contribution is 0.0640. The number of aliphatic imine (C=N–C) groups is 1. The fraction of sp³-hybridized carbons (Fsp3) is 0.579. The normalized spacial score (nSPS) is 27.8. The number of nitrogens with zero attached hydrogens (tertiary/aromatic N) is 2. The number of nitrogen functional groups attached to an aromatic ring is 1. The van der Waals surface area contributed by atoms with Gasteiger partial charge in [0.05, 0.1) is 11.6 Å². The van der Waals surface area contributed by atoms with Crippen molar-refractivity contribution in [2.75, 3.05) is 18.6 Å². The van der Waals surface area contributed by atoms with Crippen molar-refractivity contribution in [2.24, 2.45) is 10.9 Å². The van der Waals surface area contributed by atoms with E-state index in [0.29, 0.717) is 28.6 Å². The Morgan fingerprint density at radius 3 is 2.78 bits per heavy atom. The molecule has 0 saturated heterocycles. The van der Waals surface area contributed by atoms with Crippen molar-refractivity contribution in [3.05, 3.63) is 29.6 Å². The standard InChI is InChI=1S/C19H26FN3O3S/c1-18(2,3)23(17(24)25)16-22-19(12-9-11(21)5-6-14(12)20)8-7-15(26-4)13(19)10-27-16/h5-6,9,13,15H,7-8,10,21H2,1-4H3,(H,24,25). The number of benzene rings is 1. The van der Waals surface area contributed by atoms with Crippen molar-refractivity contribution in [2.45, 2.75) is 50.8 Å². The number of carbonyl (C=O) groups is 1. The highest BCUT2D eigenvalue weighted by Gasteiger charge is 2.54. The molecule has 148 valence electrons. The van der Waals surface area contributed by atoms with E-state index in [2.05, 4.69) is 0 Å². The molecule has 1 saturated carbocycles. The molecule has 3 atom stereocenters. The minimum absolute atomic E-state index is 0.0526. The number of thioether (sulfide) groups is 1. The van der Waals surface area contributed by atoms with Gasteiger partial charge < -0.3 is 15.6 Å². The highest BCUT2D eigenvalue weighted by Crippen LogP contribution is 2.53. The summed E-state index contributed by atoms with van der Waals surface area (Å²) < 4.78 is 20.5. The van der Waals surface area contributed by atoms with Crippen LogP contribution in [-0.2, 0) is 10.3 Å². The zero-order valence-electron chi connectivity index (χ0n) is 16.0. The molecule has 1 aromatic carbocycles. The Hall–Kier alpha value is -1.80. The molecule has 1 heterocycles. The van der Waals surface area contributed by atoms with E-state index in [9.17, 15) is 14.3 Å². The SMILES string of the molecule is COC1CCC2(c3cc(N)ccc3F)N=C(N(C(=O)O)C(C)(C)C)SCC12. The van der Waals surface area contributed by atoms with Gasteiger partial charge in [0.15, 0.2) is 5.17 Å². The van der Waals surface area contributed by atoms with Crippen LogP contribution < -0.4 is 5.73 Å². The zero-order chi connectivity index (χ0) is 20.0. The maximum absolute atomic E-state index is 14.8. The Bertz CT molecular complexity index is 780. The van der Waals surface area contributed by atoms with Crippen molar-refractivity contribution < 1.29 is 19.0 Å². The number of hydrogen-bond acceptors (Lipinski definition) is 5. The molecule has 0 aromatic heterocycles. The number of ether oxygens (including phenoxy) is 1. The maximum atomic E-state index is 14.8. The maximum Gasteiger partial charge on any atom is 0.413 e. The van der Waals surface area contributed by atoms with E-state index in [1.165, 1.54) is 28.8 Å². The van der Waals surface area contributed by atoms with Gasteiger partial charge in [-0.05, 0) is 51.8 Å². The van der Waals surface area contributed by atoms with E-state index >= 15 is 0 Å². The summed E-state index contributed by atoms with van der Waals surface area (Å²) >= 11 is 1.39. The van der Waals surface area contributed by atoms with E-state index in [0.717, 1.165) is 6.42 Å². The number of rotatable bonds is 2. The van der Waals surface area contributed by atoms with Crippen LogP contribution in [-0.4, -0.2) is 45.8 Å². The first-order chi connectivity index (χ1) is 12.6. The monoisotopic (exact) mass is 395 g/mol. The second-order valence-electron chi connectivity index (χ2n) is 8.08. The van der Waals surface area contributed by atoms with Gasteiger partial charge in [-0.25, -0.2) is 14.2 Å². The predicted molar refractivity (Wildman–Crippen MR) is 106 cm³/mol. The lowest BCUT2D eigenvalue weighted by Gasteiger charge is -2.42. The molecule has 0 radical (unpaired) electrons. The van der Waals surface area contributed by atoms with Gasteiger partial charge in [-0.3, -0.25) is 4.90 Å². The molecule has 6 nitrogen and oxygen atoms in total. The van der Waals surface area contributed by atoms with Crippen molar-refractivity contribution >= 4 is 28.7 Å². The van der Waals surface area contributed by atoms with Crippen LogP contribution in [0.3, 0.4) is 0 Å². The largest absolute Gasteiger partial charge is 0.465 e. The summed E-state index contributed by atoms with van der Waals surface area (Å²) in [6, 6.07) is 4.50. The molecule has 27 heavy (non-hydrogen) atoms. The van der Waals surface area contributed by atoms with E-state index in [-0.39, 0.29) is 17.8 Å². The summed E-state index contributed by atoms with van der Waals surface area (Å²) in [5.41, 5.74) is 5.27. The first kappa shape index (κ1) is 19.9. The lowest BCUT2D eigenvalue weighted by atomic mass is 9.80. The molecule has 3 N–H and O–H groups in total. The van der Waals surface area contributed by atoms with Gasteiger partial charge in [-0.15, -0.1) is 0 Å². The minimum atomic E-state index is -1.07. The third kappa shape index (κ3) is 3.40. The van der Waals surface area contributed by atoms with Crippen LogP contribution in [0.15, 0.2) is 23.2 Å². The molecule has 1 fully saturated rings. The van der Waals surface area contributed by atoms with Crippen LogP contribution in [0.2, 0.25) is 0 Å². The number of amides is 1. The highest BCUT2D eigenvalue weighted by molar-refractivity contribution is 8.13. The fourth-order valence-electron chi connectivity index (χ4n) is 4.13. The lowest BCUT2D eigenvalue weighted by Crippen LogP contribution is -2.51. The smallest absolute Gasteiger partial charge is 0.413 e. The van der Waals surface area contributed by atoms with Crippen molar-refractivity contribution in [1.82, 2.24) is 4.90 Å². The van der Waals surface area contributed by atoms with E-state index in [1.54, 1.807) is 13.2 Å². The Morgan fingerprint density at radius 1 is 1.48 bits per heavy atom. The minimum Gasteiger partial charge on any atom is -0.465 e. The molecule has 2 aliphatic rings. The molecule has 1 aliphatic carbocycles. The summed E-state index contributed by atoms with van der Waals surface area (Å²) in [5.74, 6) is 0.174. The summed E-state index contributed by atoms with van der Waals surface area (Å²) in [7, 11) is 1.65. The van der Waals surface area contributed by atoms with Gasteiger partial charge in [0.2, 0.25) is 0 Å². The number of anilines is 1. The number of amidine groups is 1. The molecular weight excluding hydrogens is 369 g/mol. The Kier molecular flexibility index (Phi) is 5.16. The topological polar surface area (TPSA) is 88.2 Å².